The first kappa shape index (κ1) is 12.2. The summed E-state index contributed by atoms with van der Waals surface area (Å²) in [5, 5.41) is 0. The summed E-state index contributed by atoms with van der Waals surface area (Å²) in [5.74, 6) is 0.741. The zero-order valence-corrected chi connectivity index (χ0v) is 10.1. The fraction of sp³-hybridized carbons (Fsp3) is 0.643. The zero-order chi connectivity index (χ0) is 11.3. The van der Waals surface area contributed by atoms with Crippen LogP contribution < -0.4 is 0 Å². The first-order chi connectivity index (χ1) is 7.09. The molecule has 0 fully saturated rings. The van der Waals surface area contributed by atoms with Crippen LogP contribution in [-0.4, -0.2) is 6.29 Å². The molecule has 0 aromatic heterocycles. The third kappa shape index (κ3) is 3.05. The van der Waals surface area contributed by atoms with Crippen molar-refractivity contribution >= 4 is 6.29 Å². The Bertz CT molecular complexity index is 271. The van der Waals surface area contributed by atoms with Crippen molar-refractivity contribution in [1.82, 2.24) is 0 Å². The zero-order valence-electron chi connectivity index (χ0n) is 10.1. The van der Waals surface area contributed by atoms with Gasteiger partial charge in [0, 0.05) is 6.42 Å². The van der Waals surface area contributed by atoms with Crippen molar-refractivity contribution in [2.75, 3.05) is 0 Å². The highest BCUT2D eigenvalue weighted by molar-refractivity contribution is 5.49. The Hall–Kier alpha value is -0.850. The summed E-state index contributed by atoms with van der Waals surface area (Å²) in [4.78, 5) is 10.1. The van der Waals surface area contributed by atoms with Crippen molar-refractivity contribution < 1.29 is 4.79 Å². The van der Waals surface area contributed by atoms with Crippen LogP contribution in [0, 0.1) is 11.3 Å². The summed E-state index contributed by atoms with van der Waals surface area (Å²) in [5.41, 5.74) is 1.88. The predicted octanol–water partition coefficient (Wildman–Crippen LogP) is 3.90. The van der Waals surface area contributed by atoms with Crippen molar-refractivity contribution in [3.63, 3.8) is 0 Å². The minimum Gasteiger partial charge on any atom is -0.303 e. The smallest absolute Gasteiger partial charge is 0.120 e. The number of aldehydes is 1. The van der Waals surface area contributed by atoms with Gasteiger partial charge >= 0.3 is 0 Å². The maximum atomic E-state index is 10.1. The molecule has 0 saturated heterocycles. The maximum Gasteiger partial charge on any atom is 0.120 e. The minimum atomic E-state index is 0.356. The summed E-state index contributed by atoms with van der Waals surface area (Å²) in [6, 6.07) is 0. The molecule has 0 bridgehead atoms. The lowest BCUT2D eigenvalue weighted by Gasteiger charge is -2.28. The van der Waals surface area contributed by atoms with Gasteiger partial charge in [-0.1, -0.05) is 37.6 Å². The number of carbonyl (C=O) groups is 1. The van der Waals surface area contributed by atoms with E-state index < -0.39 is 0 Å². The lowest BCUT2D eigenvalue weighted by atomic mass is 9.76. The van der Waals surface area contributed by atoms with E-state index in [0.29, 0.717) is 11.8 Å². The Morgan fingerprint density at radius 3 is 2.67 bits per heavy atom. The number of hydrogen-bond acceptors (Lipinski definition) is 1. The van der Waals surface area contributed by atoms with E-state index in [0.717, 1.165) is 25.0 Å². The van der Waals surface area contributed by atoms with Gasteiger partial charge in [0.05, 0.1) is 0 Å². The van der Waals surface area contributed by atoms with Gasteiger partial charge in [-0.25, -0.2) is 0 Å². The van der Waals surface area contributed by atoms with Crippen LogP contribution in [0.2, 0.25) is 0 Å². The molecule has 0 N–H and O–H groups in total. The maximum absolute atomic E-state index is 10.1. The lowest BCUT2D eigenvalue weighted by Crippen LogP contribution is -2.19. The highest BCUT2D eigenvalue weighted by Gasteiger charge is 2.33. The summed E-state index contributed by atoms with van der Waals surface area (Å²) < 4.78 is 0. The standard InChI is InChI=1S/C14H22O/c1-12-9-10-13(14(12,2)3)8-6-4-5-7-11-15/h4,6,9,11,13H,5,7-8,10H2,1-3H3/b6-4-/t13-/m0/s1. The number of hydrogen-bond donors (Lipinski definition) is 0. The molecular formula is C14H22O. The summed E-state index contributed by atoms with van der Waals surface area (Å²) in [7, 11) is 0. The Morgan fingerprint density at radius 2 is 2.13 bits per heavy atom. The van der Waals surface area contributed by atoms with E-state index in [4.69, 9.17) is 0 Å². The second-order valence-corrected chi connectivity index (χ2v) is 4.99. The molecule has 0 radical (unpaired) electrons. The van der Waals surface area contributed by atoms with Crippen LogP contribution in [0.5, 0.6) is 0 Å². The Balaban J connectivity index is 2.35. The molecule has 0 aromatic rings. The van der Waals surface area contributed by atoms with Crippen molar-refractivity contribution in [3.05, 3.63) is 23.8 Å². The molecule has 0 heterocycles. The predicted molar refractivity (Wildman–Crippen MR) is 64.7 cm³/mol. The van der Waals surface area contributed by atoms with Crippen LogP contribution >= 0.6 is 0 Å². The molecule has 1 heteroatoms. The highest BCUT2D eigenvalue weighted by Crippen LogP contribution is 2.44. The van der Waals surface area contributed by atoms with Gasteiger partial charge in [0.25, 0.3) is 0 Å². The number of carbonyl (C=O) groups excluding carboxylic acids is 1. The van der Waals surface area contributed by atoms with Crippen molar-refractivity contribution in [1.29, 1.82) is 0 Å². The average molecular weight is 206 g/mol. The first-order valence-electron chi connectivity index (χ1n) is 5.85. The van der Waals surface area contributed by atoms with E-state index in [-0.39, 0.29) is 0 Å². The summed E-state index contributed by atoms with van der Waals surface area (Å²) in [6.07, 6.45) is 11.6. The Morgan fingerprint density at radius 1 is 1.40 bits per heavy atom. The molecule has 15 heavy (non-hydrogen) atoms. The van der Waals surface area contributed by atoms with E-state index in [2.05, 4.69) is 39.0 Å². The van der Waals surface area contributed by atoms with Gasteiger partial charge < -0.3 is 4.79 Å². The molecule has 0 aliphatic heterocycles. The van der Waals surface area contributed by atoms with Gasteiger partial charge in [-0.05, 0) is 37.5 Å². The quantitative estimate of drug-likeness (QED) is 0.379. The summed E-state index contributed by atoms with van der Waals surface area (Å²) >= 11 is 0. The van der Waals surface area contributed by atoms with E-state index >= 15 is 0 Å². The molecule has 0 aromatic carbocycles. The van der Waals surface area contributed by atoms with Crippen molar-refractivity contribution in [2.45, 2.75) is 46.5 Å². The van der Waals surface area contributed by atoms with E-state index in [1.165, 1.54) is 12.0 Å². The number of unbranched alkanes of at least 4 members (excludes halogenated alkanes) is 1. The molecular weight excluding hydrogens is 184 g/mol. The van der Waals surface area contributed by atoms with Gasteiger partial charge in [0.2, 0.25) is 0 Å². The topological polar surface area (TPSA) is 17.1 Å². The molecule has 0 spiro atoms. The van der Waals surface area contributed by atoms with Gasteiger partial charge in [0.1, 0.15) is 6.29 Å². The van der Waals surface area contributed by atoms with E-state index in [9.17, 15) is 4.79 Å². The highest BCUT2D eigenvalue weighted by atomic mass is 16.1. The molecule has 1 aliphatic carbocycles. The van der Waals surface area contributed by atoms with Crippen LogP contribution in [0.25, 0.3) is 0 Å². The molecule has 1 nitrogen and oxygen atoms in total. The van der Waals surface area contributed by atoms with Crippen LogP contribution in [0.1, 0.15) is 46.5 Å². The fourth-order valence-electron chi connectivity index (χ4n) is 2.13. The molecule has 0 amide bonds. The first-order valence-corrected chi connectivity index (χ1v) is 5.85. The normalized spacial score (nSPS) is 24.5. The molecule has 0 saturated carbocycles. The SMILES string of the molecule is CC1=CC[C@H](C/C=C\CCC=O)C1(C)C. The molecule has 1 rings (SSSR count). The van der Waals surface area contributed by atoms with Crippen LogP contribution in [0.3, 0.4) is 0 Å². The number of allylic oxidation sites excluding steroid dienone is 4. The third-order valence-corrected chi connectivity index (χ3v) is 3.78. The lowest BCUT2D eigenvalue weighted by molar-refractivity contribution is -0.107. The van der Waals surface area contributed by atoms with Gasteiger partial charge in [-0.2, -0.15) is 0 Å². The summed E-state index contributed by atoms with van der Waals surface area (Å²) in [6.45, 7) is 6.89. The van der Waals surface area contributed by atoms with Gasteiger partial charge in [-0.15, -0.1) is 0 Å². The monoisotopic (exact) mass is 206 g/mol. The third-order valence-electron chi connectivity index (χ3n) is 3.78. The fourth-order valence-corrected chi connectivity index (χ4v) is 2.13. The van der Waals surface area contributed by atoms with Gasteiger partial charge in [-0.3, -0.25) is 0 Å². The van der Waals surface area contributed by atoms with Crippen LogP contribution in [0.15, 0.2) is 23.8 Å². The minimum absolute atomic E-state index is 0.356. The largest absolute Gasteiger partial charge is 0.303 e. The number of rotatable bonds is 5. The Kier molecular flexibility index (Phi) is 4.31. The van der Waals surface area contributed by atoms with Crippen LogP contribution in [0.4, 0.5) is 0 Å². The van der Waals surface area contributed by atoms with Crippen LogP contribution in [-0.2, 0) is 4.79 Å². The second-order valence-electron chi connectivity index (χ2n) is 4.99. The van der Waals surface area contributed by atoms with E-state index in [1.54, 1.807) is 0 Å². The molecule has 1 atom stereocenters. The average Bonchev–Trinajstić information content (AvgIpc) is 2.44. The van der Waals surface area contributed by atoms with Gasteiger partial charge in [0.15, 0.2) is 0 Å². The molecule has 84 valence electrons. The van der Waals surface area contributed by atoms with Crippen molar-refractivity contribution in [3.8, 4) is 0 Å². The van der Waals surface area contributed by atoms with Crippen molar-refractivity contribution in [2.24, 2.45) is 11.3 Å². The van der Waals surface area contributed by atoms with E-state index in [1.807, 2.05) is 0 Å². The Labute approximate surface area is 93.3 Å². The molecule has 0 unspecified atom stereocenters. The second kappa shape index (κ2) is 5.29. The molecule has 1 aliphatic rings.